The third-order valence-corrected chi connectivity index (χ3v) is 2.53. The number of carbonyl (C=O) groups excluding carboxylic acids is 1. The van der Waals surface area contributed by atoms with Gasteiger partial charge < -0.3 is 5.32 Å². The molecule has 0 saturated heterocycles. The van der Waals surface area contributed by atoms with Crippen LogP contribution in [0.2, 0.25) is 5.02 Å². The van der Waals surface area contributed by atoms with Crippen LogP contribution < -0.4 is 16.2 Å². The highest BCUT2D eigenvalue weighted by molar-refractivity contribution is 7.80. The van der Waals surface area contributed by atoms with E-state index >= 15 is 0 Å². The zero-order valence-corrected chi connectivity index (χ0v) is 10.3. The number of halogens is 1. The second-order valence-electron chi connectivity index (χ2n) is 3.02. The molecule has 0 fully saturated rings. The van der Waals surface area contributed by atoms with Gasteiger partial charge in [0.25, 0.3) is 0 Å². The SMILES string of the molecule is CNC(=S)NNC(=O)Cc1ccccc1Cl. The molecule has 1 rings (SSSR count). The molecule has 86 valence electrons. The van der Waals surface area contributed by atoms with Gasteiger partial charge in [-0.15, -0.1) is 0 Å². The fourth-order valence-electron chi connectivity index (χ4n) is 1.05. The van der Waals surface area contributed by atoms with Crippen LogP contribution in [0.1, 0.15) is 5.56 Å². The lowest BCUT2D eigenvalue weighted by atomic mass is 10.1. The van der Waals surface area contributed by atoms with Gasteiger partial charge in [-0.25, -0.2) is 0 Å². The van der Waals surface area contributed by atoms with Gasteiger partial charge in [-0.2, -0.15) is 0 Å². The molecule has 0 aromatic heterocycles. The van der Waals surface area contributed by atoms with Crippen LogP contribution in [0.3, 0.4) is 0 Å². The van der Waals surface area contributed by atoms with Crippen molar-refractivity contribution in [3.63, 3.8) is 0 Å². The Hall–Kier alpha value is -1.33. The van der Waals surface area contributed by atoms with Crippen molar-refractivity contribution in [2.45, 2.75) is 6.42 Å². The summed E-state index contributed by atoms with van der Waals surface area (Å²) in [6, 6.07) is 7.20. The second kappa shape index (κ2) is 6.30. The van der Waals surface area contributed by atoms with Crippen LogP contribution in [-0.2, 0) is 11.2 Å². The van der Waals surface area contributed by atoms with Gasteiger partial charge in [-0.05, 0) is 23.8 Å². The minimum Gasteiger partial charge on any atom is -0.364 e. The third-order valence-electron chi connectivity index (χ3n) is 1.85. The number of amides is 1. The van der Waals surface area contributed by atoms with Gasteiger partial charge in [-0.3, -0.25) is 15.6 Å². The number of benzene rings is 1. The van der Waals surface area contributed by atoms with Crippen molar-refractivity contribution in [3.05, 3.63) is 34.9 Å². The topological polar surface area (TPSA) is 53.2 Å². The molecule has 1 aromatic carbocycles. The molecule has 0 unspecified atom stereocenters. The van der Waals surface area contributed by atoms with E-state index in [-0.39, 0.29) is 12.3 Å². The van der Waals surface area contributed by atoms with Crippen LogP contribution in [0.4, 0.5) is 0 Å². The Kier molecular flexibility index (Phi) is 5.01. The van der Waals surface area contributed by atoms with E-state index in [9.17, 15) is 4.79 Å². The summed E-state index contributed by atoms with van der Waals surface area (Å²) in [7, 11) is 1.66. The molecular weight excluding hydrogens is 246 g/mol. The molecule has 3 N–H and O–H groups in total. The lowest BCUT2D eigenvalue weighted by Crippen LogP contribution is -2.46. The van der Waals surface area contributed by atoms with Crippen molar-refractivity contribution in [2.75, 3.05) is 7.05 Å². The van der Waals surface area contributed by atoms with Crippen LogP contribution in [0.5, 0.6) is 0 Å². The number of hydrazine groups is 1. The summed E-state index contributed by atoms with van der Waals surface area (Å²) in [6.45, 7) is 0. The van der Waals surface area contributed by atoms with Crippen molar-refractivity contribution < 1.29 is 4.79 Å². The number of hydrogen-bond donors (Lipinski definition) is 3. The molecule has 0 heterocycles. The first-order chi connectivity index (χ1) is 7.63. The monoisotopic (exact) mass is 257 g/mol. The van der Waals surface area contributed by atoms with Crippen LogP contribution in [0.25, 0.3) is 0 Å². The molecule has 1 amide bonds. The third kappa shape index (κ3) is 4.04. The summed E-state index contributed by atoms with van der Waals surface area (Å²) in [5, 5.41) is 3.61. The van der Waals surface area contributed by atoms with Gasteiger partial charge in [-0.1, -0.05) is 29.8 Å². The lowest BCUT2D eigenvalue weighted by molar-refractivity contribution is -0.121. The maximum atomic E-state index is 11.5. The summed E-state index contributed by atoms with van der Waals surface area (Å²) in [5.41, 5.74) is 5.78. The zero-order valence-electron chi connectivity index (χ0n) is 8.71. The smallest absolute Gasteiger partial charge is 0.242 e. The summed E-state index contributed by atoms with van der Waals surface area (Å²) < 4.78 is 0. The molecule has 0 atom stereocenters. The number of rotatable bonds is 2. The molecule has 0 aliphatic carbocycles. The first-order valence-corrected chi connectivity index (χ1v) is 5.42. The number of carbonyl (C=O) groups is 1. The van der Waals surface area contributed by atoms with Crippen LogP contribution in [-0.4, -0.2) is 18.1 Å². The highest BCUT2D eigenvalue weighted by Gasteiger charge is 2.05. The normalized spacial score (nSPS) is 9.38. The predicted molar refractivity (Wildman–Crippen MR) is 68.1 cm³/mol. The minimum atomic E-state index is -0.203. The average molecular weight is 258 g/mol. The van der Waals surface area contributed by atoms with Gasteiger partial charge in [0, 0.05) is 12.1 Å². The summed E-state index contributed by atoms with van der Waals surface area (Å²) in [5.74, 6) is -0.203. The molecule has 0 saturated carbocycles. The Morgan fingerprint density at radius 3 is 2.69 bits per heavy atom. The average Bonchev–Trinajstić information content (AvgIpc) is 2.29. The van der Waals surface area contributed by atoms with Gasteiger partial charge in [0.2, 0.25) is 5.91 Å². The summed E-state index contributed by atoms with van der Waals surface area (Å²) >= 11 is 10.7. The van der Waals surface area contributed by atoms with Crippen LogP contribution >= 0.6 is 23.8 Å². The molecule has 0 aliphatic heterocycles. The van der Waals surface area contributed by atoms with Crippen LogP contribution in [0.15, 0.2) is 24.3 Å². The molecule has 0 radical (unpaired) electrons. The largest absolute Gasteiger partial charge is 0.364 e. The van der Waals surface area contributed by atoms with Crippen molar-refractivity contribution in [3.8, 4) is 0 Å². The lowest BCUT2D eigenvalue weighted by Gasteiger charge is -2.09. The Bertz CT molecular complexity index is 397. The van der Waals surface area contributed by atoms with E-state index in [0.717, 1.165) is 5.56 Å². The standard InChI is InChI=1S/C10H12ClN3OS/c1-12-10(16)14-13-9(15)6-7-4-2-3-5-8(7)11/h2-5H,6H2,1H3,(H,13,15)(H2,12,14,16). The molecule has 16 heavy (non-hydrogen) atoms. The number of nitrogens with one attached hydrogen (secondary N) is 3. The minimum absolute atomic E-state index is 0.203. The van der Waals surface area contributed by atoms with Gasteiger partial charge in [0.05, 0.1) is 6.42 Å². The maximum Gasteiger partial charge on any atom is 0.242 e. The predicted octanol–water partition coefficient (Wildman–Crippen LogP) is 1.01. The Labute approximate surface area is 104 Å². The van der Waals surface area contributed by atoms with E-state index in [1.54, 1.807) is 19.2 Å². The van der Waals surface area contributed by atoms with Gasteiger partial charge >= 0.3 is 0 Å². The number of thiocarbonyl (C=S) groups is 1. The maximum absolute atomic E-state index is 11.5. The Morgan fingerprint density at radius 1 is 1.38 bits per heavy atom. The second-order valence-corrected chi connectivity index (χ2v) is 3.84. The van der Waals surface area contributed by atoms with E-state index < -0.39 is 0 Å². The zero-order chi connectivity index (χ0) is 12.0. The van der Waals surface area contributed by atoms with Gasteiger partial charge in [0.1, 0.15) is 0 Å². The fourth-order valence-corrected chi connectivity index (χ4v) is 1.30. The van der Waals surface area contributed by atoms with E-state index in [2.05, 4.69) is 16.2 Å². The first kappa shape index (κ1) is 12.7. The highest BCUT2D eigenvalue weighted by atomic mass is 35.5. The molecule has 0 spiro atoms. The van der Waals surface area contributed by atoms with E-state index in [1.807, 2.05) is 12.1 Å². The molecule has 1 aromatic rings. The first-order valence-electron chi connectivity index (χ1n) is 4.63. The van der Waals surface area contributed by atoms with Crippen molar-refractivity contribution in [1.82, 2.24) is 16.2 Å². The van der Waals surface area contributed by atoms with E-state index in [0.29, 0.717) is 10.1 Å². The number of hydrogen-bond acceptors (Lipinski definition) is 2. The van der Waals surface area contributed by atoms with Crippen molar-refractivity contribution in [2.24, 2.45) is 0 Å². The molecule has 4 nitrogen and oxygen atoms in total. The Balaban J connectivity index is 2.46. The molecule has 0 bridgehead atoms. The van der Waals surface area contributed by atoms with Gasteiger partial charge in [0.15, 0.2) is 5.11 Å². The highest BCUT2D eigenvalue weighted by Crippen LogP contribution is 2.14. The molecule has 0 aliphatic rings. The summed E-state index contributed by atoms with van der Waals surface area (Å²) in [4.78, 5) is 11.5. The van der Waals surface area contributed by atoms with E-state index in [4.69, 9.17) is 23.8 Å². The van der Waals surface area contributed by atoms with E-state index in [1.165, 1.54) is 0 Å². The fraction of sp³-hybridized carbons (Fsp3) is 0.200. The summed E-state index contributed by atoms with van der Waals surface area (Å²) in [6.07, 6.45) is 0.207. The van der Waals surface area contributed by atoms with Crippen molar-refractivity contribution >= 4 is 34.8 Å². The quantitative estimate of drug-likeness (QED) is 0.547. The van der Waals surface area contributed by atoms with Crippen molar-refractivity contribution in [1.29, 1.82) is 0 Å². The Morgan fingerprint density at radius 2 is 2.06 bits per heavy atom. The molecule has 6 heteroatoms. The molecular formula is C10H12ClN3OS. The van der Waals surface area contributed by atoms with Crippen LogP contribution in [0, 0.1) is 0 Å².